The average Bonchev–Trinajstić information content (AvgIpc) is 3.02. The fourth-order valence-corrected chi connectivity index (χ4v) is 3.65. The number of anilines is 1. The number of nitrogens with one attached hydrogen (secondary N) is 1. The first-order chi connectivity index (χ1) is 8.81. The van der Waals surface area contributed by atoms with E-state index in [-0.39, 0.29) is 0 Å². The zero-order valence-electron chi connectivity index (χ0n) is 10.8. The molecule has 18 heavy (non-hydrogen) atoms. The van der Waals surface area contributed by atoms with Gasteiger partial charge in [0.2, 0.25) is 0 Å². The summed E-state index contributed by atoms with van der Waals surface area (Å²) in [6.45, 7) is 7.48. The smallest absolute Gasteiger partial charge is 0.150 e. The van der Waals surface area contributed by atoms with Gasteiger partial charge >= 0.3 is 0 Å². The lowest BCUT2D eigenvalue weighted by Gasteiger charge is -2.28. The molecule has 1 saturated heterocycles. The minimum absolute atomic E-state index is 0.565. The van der Waals surface area contributed by atoms with E-state index in [9.17, 15) is 0 Å². The molecule has 3 heterocycles. The summed E-state index contributed by atoms with van der Waals surface area (Å²) >= 11 is 1.76. The van der Waals surface area contributed by atoms with Gasteiger partial charge < -0.3 is 10.2 Å². The molecule has 0 spiro atoms. The van der Waals surface area contributed by atoms with Crippen LogP contribution in [0.4, 0.5) is 5.82 Å². The molecule has 0 amide bonds. The van der Waals surface area contributed by atoms with Crippen molar-refractivity contribution in [3.05, 3.63) is 17.3 Å². The Kier molecular flexibility index (Phi) is 3.18. The highest BCUT2D eigenvalue weighted by atomic mass is 32.1. The fraction of sp³-hybridized carbons (Fsp3) is 0.538. The number of rotatable bonds is 3. The molecular weight excluding hydrogens is 244 g/mol. The maximum Gasteiger partial charge on any atom is 0.150 e. The highest BCUT2D eigenvalue weighted by Crippen LogP contribution is 2.32. The third-order valence-corrected chi connectivity index (χ3v) is 4.68. The van der Waals surface area contributed by atoms with E-state index in [1.54, 1.807) is 17.7 Å². The van der Waals surface area contributed by atoms with Crippen LogP contribution in [0.15, 0.2) is 11.7 Å². The van der Waals surface area contributed by atoms with Crippen LogP contribution in [0.3, 0.4) is 0 Å². The Balaban J connectivity index is 2.06. The minimum atomic E-state index is 0.565. The molecule has 1 aliphatic heterocycles. The van der Waals surface area contributed by atoms with Gasteiger partial charge in [-0.15, -0.1) is 11.3 Å². The molecule has 1 fully saturated rings. The van der Waals surface area contributed by atoms with Gasteiger partial charge in [-0.3, -0.25) is 0 Å². The summed E-state index contributed by atoms with van der Waals surface area (Å²) in [5, 5.41) is 5.60. The Morgan fingerprint density at radius 1 is 1.50 bits per heavy atom. The van der Waals surface area contributed by atoms with Gasteiger partial charge in [0.15, 0.2) is 0 Å². The molecule has 5 heteroatoms. The maximum absolute atomic E-state index is 4.53. The van der Waals surface area contributed by atoms with E-state index in [1.807, 2.05) is 0 Å². The fourth-order valence-electron chi connectivity index (χ4n) is 2.65. The maximum atomic E-state index is 4.53. The molecule has 2 aromatic heterocycles. The van der Waals surface area contributed by atoms with Crippen molar-refractivity contribution in [1.29, 1.82) is 0 Å². The molecule has 1 aliphatic rings. The minimum Gasteiger partial charge on any atom is -0.351 e. The number of thiophene rings is 1. The second kappa shape index (κ2) is 4.82. The van der Waals surface area contributed by atoms with E-state index < -0.39 is 0 Å². The molecular formula is C13H18N4S. The van der Waals surface area contributed by atoms with Crippen molar-refractivity contribution < 1.29 is 0 Å². The monoisotopic (exact) mass is 262 g/mol. The van der Waals surface area contributed by atoms with Crippen LogP contribution in [-0.2, 0) is 0 Å². The first-order valence-corrected chi connectivity index (χ1v) is 7.35. The van der Waals surface area contributed by atoms with Crippen LogP contribution in [0.2, 0.25) is 0 Å². The molecule has 0 bridgehead atoms. The number of aromatic nitrogens is 2. The number of likely N-dealkylation sites (N-methyl/N-ethyl adjacent to an activating group) is 1. The number of aryl methyl sites for hydroxylation is 1. The van der Waals surface area contributed by atoms with E-state index in [0.29, 0.717) is 6.04 Å². The largest absolute Gasteiger partial charge is 0.351 e. The number of nitrogens with zero attached hydrogens (tertiary/aromatic N) is 3. The SMILES string of the molecule is CCN(c1ncnc2c(C)csc12)C1CCNC1. The van der Waals surface area contributed by atoms with Crippen molar-refractivity contribution in [3.63, 3.8) is 0 Å². The summed E-state index contributed by atoms with van der Waals surface area (Å²) in [7, 11) is 0. The highest BCUT2D eigenvalue weighted by molar-refractivity contribution is 7.18. The van der Waals surface area contributed by atoms with Gasteiger partial charge in [0.1, 0.15) is 12.1 Å². The van der Waals surface area contributed by atoms with Gasteiger partial charge in [0.05, 0.1) is 10.2 Å². The van der Waals surface area contributed by atoms with Crippen LogP contribution in [0, 0.1) is 6.92 Å². The summed E-state index contributed by atoms with van der Waals surface area (Å²) in [6, 6.07) is 0.565. The van der Waals surface area contributed by atoms with E-state index in [1.165, 1.54) is 16.7 Å². The third-order valence-electron chi connectivity index (χ3n) is 3.60. The molecule has 0 aromatic carbocycles. The van der Waals surface area contributed by atoms with Crippen molar-refractivity contribution in [3.8, 4) is 0 Å². The summed E-state index contributed by atoms with van der Waals surface area (Å²) in [6.07, 6.45) is 2.89. The molecule has 0 saturated carbocycles. The molecule has 0 aliphatic carbocycles. The van der Waals surface area contributed by atoms with Gasteiger partial charge in [-0.25, -0.2) is 9.97 Å². The lowest BCUT2D eigenvalue weighted by Crippen LogP contribution is -2.37. The van der Waals surface area contributed by atoms with Crippen LogP contribution in [0.5, 0.6) is 0 Å². The molecule has 0 radical (unpaired) electrons. The van der Waals surface area contributed by atoms with Crippen LogP contribution >= 0.6 is 11.3 Å². The van der Waals surface area contributed by atoms with E-state index in [4.69, 9.17) is 0 Å². The van der Waals surface area contributed by atoms with Crippen LogP contribution in [-0.4, -0.2) is 35.6 Å². The van der Waals surface area contributed by atoms with Gasteiger partial charge in [-0.05, 0) is 37.8 Å². The zero-order valence-corrected chi connectivity index (χ0v) is 11.6. The Bertz CT molecular complexity index is 545. The first-order valence-electron chi connectivity index (χ1n) is 6.47. The van der Waals surface area contributed by atoms with Gasteiger partial charge in [0.25, 0.3) is 0 Å². The van der Waals surface area contributed by atoms with Gasteiger partial charge in [0, 0.05) is 19.1 Å². The third kappa shape index (κ3) is 1.87. The number of hydrogen-bond acceptors (Lipinski definition) is 5. The average molecular weight is 262 g/mol. The summed E-state index contributed by atoms with van der Waals surface area (Å²) in [5.41, 5.74) is 2.36. The van der Waals surface area contributed by atoms with Gasteiger partial charge in [-0.1, -0.05) is 0 Å². The number of fused-ring (bicyclic) bond motifs is 1. The summed E-state index contributed by atoms with van der Waals surface area (Å²) in [5.74, 6) is 1.11. The second-order valence-electron chi connectivity index (χ2n) is 4.73. The Labute approximate surface area is 111 Å². The molecule has 1 N–H and O–H groups in total. The summed E-state index contributed by atoms with van der Waals surface area (Å²) < 4.78 is 1.23. The second-order valence-corrected chi connectivity index (χ2v) is 5.61. The topological polar surface area (TPSA) is 41.1 Å². The van der Waals surface area contributed by atoms with Crippen molar-refractivity contribution in [2.45, 2.75) is 26.3 Å². The quantitative estimate of drug-likeness (QED) is 0.920. The molecule has 2 aromatic rings. The molecule has 3 rings (SSSR count). The Morgan fingerprint density at radius 2 is 2.39 bits per heavy atom. The molecule has 1 unspecified atom stereocenters. The standard InChI is InChI=1S/C13H18N4S/c1-3-17(10-4-5-14-6-10)13-12-11(15-8-16-13)9(2)7-18-12/h7-8,10,14H,3-6H2,1-2H3. The summed E-state index contributed by atoms with van der Waals surface area (Å²) in [4.78, 5) is 11.4. The predicted molar refractivity (Wildman–Crippen MR) is 76.4 cm³/mol. The van der Waals surface area contributed by atoms with E-state index >= 15 is 0 Å². The van der Waals surface area contributed by atoms with Crippen LogP contribution < -0.4 is 10.2 Å². The predicted octanol–water partition coefficient (Wildman–Crippen LogP) is 2.19. The first kappa shape index (κ1) is 11.9. The van der Waals surface area contributed by atoms with Crippen molar-refractivity contribution in [2.75, 3.05) is 24.5 Å². The van der Waals surface area contributed by atoms with Crippen molar-refractivity contribution >= 4 is 27.4 Å². The van der Waals surface area contributed by atoms with E-state index in [2.05, 4.69) is 39.4 Å². The molecule has 4 nitrogen and oxygen atoms in total. The van der Waals surface area contributed by atoms with Crippen molar-refractivity contribution in [1.82, 2.24) is 15.3 Å². The van der Waals surface area contributed by atoms with Gasteiger partial charge in [-0.2, -0.15) is 0 Å². The molecule has 1 atom stereocenters. The van der Waals surface area contributed by atoms with E-state index in [0.717, 1.165) is 31.0 Å². The number of hydrogen-bond donors (Lipinski definition) is 1. The lowest BCUT2D eigenvalue weighted by atomic mass is 10.2. The van der Waals surface area contributed by atoms with Crippen LogP contribution in [0.25, 0.3) is 10.2 Å². The highest BCUT2D eigenvalue weighted by Gasteiger charge is 2.24. The van der Waals surface area contributed by atoms with Crippen LogP contribution in [0.1, 0.15) is 18.9 Å². The Morgan fingerprint density at radius 3 is 3.11 bits per heavy atom. The molecule has 96 valence electrons. The zero-order chi connectivity index (χ0) is 12.5. The normalized spacial score (nSPS) is 19.6. The Hall–Kier alpha value is -1.20. The van der Waals surface area contributed by atoms with Crippen molar-refractivity contribution in [2.24, 2.45) is 0 Å². The lowest BCUT2D eigenvalue weighted by molar-refractivity contribution is 0.642.